The first-order chi connectivity index (χ1) is 11.7. The van der Waals surface area contributed by atoms with Crippen molar-refractivity contribution in [3.63, 3.8) is 0 Å². The second-order valence-electron chi connectivity index (χ2n) is 7.26. The van der Waals surface area contributed by atoms with E-state index in [0.29, 0.717) is 11.8 Å². The maximum atomic E-state index is 13.0. The summed E-state index contributed by atoms with van der Waals surface area (Å²) in [6.45, 7) is 6.94. The van der Waals surface area contributed by atoms with E-state index in [1.807, 2.05) is 29.3 Å². The van der Waals surface area contributed by atoms with E-state index in [1.165, 1.54) is 11.3 Å². The van der Waals surface area contributed by atoms with Crippen molar-refractivity contribution in [1.29, 1.82) is 0 Å². The molecule has 0 radical (unpaired) electrons. The number of aryl methyl sites for hydroxylation is 1. The van der Waals surface area contributed by atoms with E-state index in [1.54, 1.807) is 0 Å². The van der Waals surface area contributed by atoms with Crippen molar-refractivity contribution in [2.24, 2.45) is 0 Å². The number of nitrogens with zero attached hydrogens (tertiary/aromatic N) is 3. The van der Waals surface area contributed by atoms with Gasteiger partial charge < -0.3 is 9.47 Å². The number of aromatic nitrogens is 2. The van der Waals surface area contributed by atoms with Gasteiger partial charge >= 0.3 is 0 Å². The monoisotopic (exact) mass is 323 g/mol. The molecule has 0 unspecified atom stereocenters. The van der Waals surface area contributed by atoms with E-state index in [-0.39, 0.29) is 5.41 Å². The SMILES string of the molecule is CCCn1c(C)cnc1C1CN(C(=O)C2(c3ccccc3)CC2)C1. The van der Waals surface area contributed by atoms with Crippen LogP contribution in [-0.2, 0) is 16.8 Å². The van der Waals surface area contributed by atoms with Crippen molar-refractivity contribution in [2.45, 2.75) is 51.0 Å². The van der Waals surface area contributed by atoms with Gasteiger partial charge in [-0.3, -0.25) is 4.79 Å². The first-order valence-electron chi connectivity index (χ1n) is 9.02. The highest BCUT2D eigenvalue weighted by Crippen LogP contribution is 2.50. The van der Waals surface area contributed by atoms with Gasteiger partial charge in [0.05, 0.1) is 11.3 Å². The molecular formula is C20H25N3O. The van der Waals surface area contributed by atoms with Gasteiger partial charge in [0, 0.05) is 31.5 Å². The highest BCUT2D eigenvalue weighted by molar-refractivity contribution is 5.92. The number of carbonyl (C=O) groups excluding carboxylic acids is 1. The van der Waals surface area contributed by atoms with E-state index in [4.69, 9.17) is 0 Å². The molecule has 2 aliphatic rings. The van der Waals surface area contributed by atoms with Crippen LogP contribution in [0.5, 0.6) is 0 Å². The third-order valence-electron chi connectivity index (χ3n) is 5.55. The number of amides is 1. The minimum atomic E-state index is -0.235. The molecular weight excluding hydrogens is 298 g/mol. The Hall–Kier alpha value is -2.10. The number of benzene rings is 1. The summed E-state index contributed by atoms with van der Waals surface area (Å²) < 4.78 is 2.32. The molecule has 1 aliphatic heterocycles. The van der Waals surface area contributed by atoms with Crippen LogP contribution in [0.25, 0.3) is 0 Å². The van der Waals surface area contributed by atoms with Crippen LogP contribution in [0.4, 0.5) is 0 Å². The quantitative estimate of drug-likeness (QED) is 0.847. The molecule has 0 atom stereocenters. The molecule has 2 aromatic rings. The summed E-state index contributed by atoms with van der Waals surface area (Å²) in [5, 5.41) is 0. The van der Waals surface area contributed by atoms with Gasteiger partial charge in [-0.1, -0.05) is 37.3 Å². The summed E-state index contributed by atoms with van der Waals surface area (Å²) in [7, 11) is 0. The molecule has 1 aromatic heterocycles. The smallest absolute Gasteiger partial charge is 0.233 e. The van der Waals surface area contributed by atoms with Gasteiger partial charge in [0.15, 0.2) is 0 Å². The Bertz CT molecular complexity index is 739. The molecule has 4 rings (SSSR count). The molecule has 2 heterocycles. The maximum absolute atomic E-state index is 13.0. The Labute approximate surface area is 143 Å². The lowest BCUT2D eigenvalue weighted by Crippen LogP contribution is -2.52. The average Bonchev–Trinajstić information content (AvgIpc) is 3.30. The third-order valence-corrected chi connectivity index (χ3v) is 5.55. The number of carbonyl (C=O) groups is 1. The minimum absolute atomic E-state index is 0.235. The normalized spacial score (nSPS) is 19.2. The zero-order chi connectivity index (χ0) is 16.7. The summed E-state index contributed by atoms with van der Waals surface area (Å²) in [6.07, 6.45) is 5.04. The topological polar surface area (TPSA) is 38.1 Å². The van der Waals surface area contributed by atoms with Crippen LogP contribution in [0.1, 0.15) is 49.2 Å². The number of hydrogen-bond donors (Lipinski definition) is 0. The fourth-order valence-corrected chi connectivity index (χ4v) is 3.94. The van der Waals surface area contributed by atoms with Crippen LogP contribution >= 0.6 is 0 Å². The number of hydrogen-bond acceptors (Lipinski definition) is 2. The predicted octanol–water partition coefficient (Wildman–Crippen LogP) is 3.26. The van der Waals surface area contributed by atoms with E-state index in [0.717, 1.165) is 44.7 Å². The van der Waals surface area contributed by atoms with Crippen molar-refractivity contribution in [1.82, 2.24) is 14.5 Å². The van der Waals surface area contributed by atoms with Gasteiger partial charge in [0.1, 0.15) is 5.82 Å². The fourth-order valence-electron chi connectivity index (χ4n) is 3.94. The van der Waals surface area contributed by atoms with Gasteiger partial charge in [-0.2, -0.15) is 0 Å². The lowest BCUT2D eigenvalue weighted by molar-refractivity contribution is -0.138. The van der Waals surface area contributed by atoms with Crippen molar-refractivity contribution in [3.8, 4) is 0 Å². The number of rotatable bonds is 5. The van der Waals surface area contributed by atoms with Crippen LogP contribution in [0, 0.1) is 6.92 Å². The van der Waals surface area contributed by atoms with Gasteiger partial charge in [-0.05, 0) is 31.7 Å². The minimum Gasteiger partial charge on any atom is -0.340 e. The first-order valence-corrected chi connectivity index (χ1v) is 9.02. The summed E-state index contributed by atoms with van der Waals surface area (Å²) in [5.41, 5.74) is 2.17. The molecule has 0 bridgehead atoms. The molecule has 1 aliphatic carbocycles. The second-order valence-corrected chi connectivity index (χ2v) is 7.26. The Morgan fingerprint density at radius 1 is 1.25 bits per heavy atom. The molecule has 2 fully saturated rings. The number of likely N-dealkylation sites (tertiary alicyclic amines) is 1. The molecule has 1 saturated carbocycles. The fraction of sp³-hybridized carbons (Fsp3) is 0.500. The van der Waals surface area contributed by atoms with Crippen LogP contribution in [0.15, 0.2) is 36.5 Å². The van der Waals surface area contributed by atoms with Crippen LogP contribution in [0.3, 0.4) is 0 Å². The second kappa shape index (κ2) is 5.76. The van der Waals surface area contributed by atoms with Crippen molar-refractivity contribution < 1.29 is 4.79 Å². The summed E-state index contributed by atoms with van der Waals surface area (Å²) in [4.78, 5) is 19.6. The average molecular weight is 323 g/mol. The molecule has 24 heavy (non-hydrogen) atoms. The molecule has 4 heteroatoms. The van der Waals surface area contributed by atoms with Gasteiger partial charge in [0.2, 0.25) is 5.91 Å². The van der Waals surface area contributed by atoms with E-state index in [2.05, 4.69) is 35.5 Å². The van der Waals surface area contributed by atoms with Crippen LogP contribution in [0.2, 0.25) is 0 Å². The standard InChI is InChI=1S/C20H25N3O/c1-3-11-23-15(2)12-21-18(23)16-13-22(14-16)19(24)20(9-10-20)17-7-5-4-6-8-17/h4-8,12,16H,3,9-11,13-14H2,1-2H3. The van der Waals surface area contributed by atoms with Crippen LogP contribution in [-0.4, -0.2) is 33.4 Å². The lowest BCUT2D eigenvalue weighted by Gasteiger charge is -2.41. The Morgan fingerprint density at radius 3 is 2.58 bits per heavy atom. The highest BCUT2D eigenvalue weighted by Gasteiger charge is 2.54. The highest BCUT2D eigenvalue weighted by atomic mass is 16.2. The number of imidazole rings is 1. The lowest BCUT2D eigenvalue weighted by atomic mass is 9.90. The zero-order valence-electron chi connectivity index (χ0n) is 14.5. The Morgan fingerprint density at radius 2 is 1.96 bits per heavy atom. The summed E-state index contributed by atoms with van der Waals surface area (Å²) >= 11 is 0. The first kappa shape index (κ1) is 15.4. The molecule has 1 aromatic carbocycles. The van der Waals surface area contributed by atoms with Gasteiger partial charge in [-0.25, -0.2) is 4.98 Å². The molecule has 126 valence electrons. The van der Waals surface area contributed by atoms with E-state index < -0.39 is 0 Å². The third kappa shape index (κ3) is 2.36. The van der Waals surface area contributed by atoms with Crippen molar-refractivity contribution in [3.05, 3.63) is 53.6 Å². The van der Waals surface area contributed by atoms with E-state index >= 15 is 0 Å². The van der Waals surface area contributed by atoms with Crippen LogP contribution < -0.4 is 0 Å². The molecule has 0 spiro atoms. The Balaban J connectivity index is 1.46. The largest absolute Gasteiger partial charge is 0.340 e. The predicted molar refractivity (Wildman–Crippen MR) is 93.9 cm³/mol. The summed E-state index contributed by atoms with van der Waals surface area (Å²) in [5.74, 6) is 1.86. The zero-order valence-corrected chi connectivity index (χ0v) is 14.5. The molecule has 1 amide bonds. The molecule has 0 N–H and O–H groups in total. The van der Waals surface area contributed by atoms with Crippen molar-refractivity contribution >= 4 is 5.91 Å². The van der Waals surface area contributed by atoms with E-state index in [9.17, 15) is 4.79 Å². The Kier molecular flexibility index (Phi) is 3.70. The maximum Gasteiger partial charge on any atom is 0.233 e. The molecule has 4 nitrogen and oxygen atoms in total. The molecule has 1 saturated heterocycles. The van der Waals surface area contributed by atoms with Crippen molar-refractivity contribution in [2.75, 3.05) is 13.1 Å². The summed E-state index contributed by atoms with van der Waals surface area (Å²) in [6, 6.07) is 10.3. The van der Waals surface area contributed by atoms with Gasteiger partial charge in [-0.15, -0.1) is 0 Å². The van der Waals surface area contributed by atoms with Gasteiger partial charge in [0.25, 0.3) is 0 Å².